The molecule has 1 aliphatic rings. The average Bonchev–Trinajstić information content (AvgIpc) is 3.14. The van der Waals surface area contributed by atoms with Crippen molar-refractivity contribution in [1.29, 1.82) is 0 Å². The Kier molecular flexibility index (Phi) is 3.40. The summed E-state index contributed by atoms with van der Waals surface area (Å²) in [4.78, 5) is 12.3. The van der Waals surface area contributed by atoms with E-state index in [1.807, 2.05) is 18.6 Å². The maximum Gasteiger partial charge on any atom is 0.180 e. The van der Waals surface area contributed by atoms with E-state index in [1.165, 1.54) is 22.0 Å². The van der Waals surface area contributed by atoms with Crippen LogP contribution in [0.4, 0.5) is 5.13 Å². The minimum absolute atomic E-state index is 0.640. The van der Waals surface area contributed by atoms with Gasteiger partial charge in [-0.3, -0.25) is 4.90 Å². The summed E-state index contributed by atoms with van der Waals surface area (Å²) < 4.78 is 2.21. The lowest BCUT2D eigenvalue weighted by molar-refractivity contribution is 0.242. The van der Waals surface area contributed by atoms with Gasteiger partial charge in [0, 0.05) is 48.5 Å². The van der Waals surface area contributed by atoms with E-state index in [0.29, 0.717) is 5.13 Å². The largest absolute Gasteiger partial charge is 0.375 e. The number of hydrogen-bond donors (Lipinski definition) is 1. The van der Waals surface area contributed by atoms with Crippen LogP contribution in [0.2, 0.25) is 0 Å². The van der Waals surface area contributed by atoms with Crippen molar-refractivity contribution >= 4 is 16.5 Å². The van der Waals surface area contributed by atoms with E-state index in [0.717, 1.165) is 26.1 Å². The number of nitrogens with two attached hydrogens (primary N) is 1. The number of thiazole rings is 1. The van der Waals surface area contributed by atoms with Crippen molar-refractivity contribution in [1.82, 2.24) is 19.4 Å². The Labute approximate surface area is 133 Å². The number of nitrogens with zero attached hydrogens (tertiary/aromatic N) is 4. The molecule has 1 aromatic carbocycles. The monoisotopic (exact) mass is 311 g/mol. The lowest BCUT2D eigenvalue weighted by Crippen LogP contribution is -2.30. The van der Waals surface area contributed by atoms with Crippen LogP contribution >= 0.6 is 11.3 Å². The van der Waals surface area contributed by atoms with E-state index in [2.05, 4.69) is 43.7 Å². The highest BCUT2D eigenvalue weighted by atomic mass is 32.1. The van der Waals surface area contributed by atoms with Crippen LogP contribution in [-0.4, -0.2) is 26.0 Å². The van der Waals surface area contributed by atoms with Crippen molar-refractivity contribution in [2.24, 2.45) is 0 Å². The molecule has 1 aliphatic heterocycles. The molecule has 6 heteroatoms. The number of imidazole rings is 1. The maximum atomic E-state index is 5.70. The summed E-state index contributed by atoms with van der Waals surface area (Å²) in [5.74, 6) is 0. The first-order valence-electron chi connectivity index (χ1n) is 7.32. The molecule has 0 amide bonds. The second-order valence-electron chi connectivity index (χ2n) is 5.47. The molecule has 0 spiro atoms. The van der Waals surface area contributed by atoms with Crippen LogP contribution in [-0.2, 0) is 19.5 Å². The topological polar surface area (TPSA) is 60.0 Å². The van der Waals surface area contributed by atoms with Gasteiger partial charge >= 0.3 is 0 Å². The van der Waals surface area contributed by atoms with Gasteiger partial charge in [0.1, 0.15) is 0 Å². The molecule has 112 valence electrons. The molecule has 0 bridgehead atoms. The summed E-state index contributed by atoms with van der Waals surface area (Å²) >= 11 is 1.56. The van der Waals surface area contributed by atoms with E-state index in [9.17, 15) is 0 Å². The highest BCUT2D eigenvalue weighted by Gasteiger charge is 2.21. The smallest absolute Gasteiger partial charge is 0.180 e. The number of benzene rings is 1. The summed E-state index contributed by atoms with van der Waals surface area (Å²) in [6, 6.07) is 10.4. The molecule has 3 heterocycles. The first-order valence-corrected chi connectivity index (χ1v) is 8.14. The fraction of sp³-hybridized carbons (Fsp3) is 0.250. The Morgan fingerprint density at radius 1 is 1.18 bits per heavy atom. The van der Waals surface area contributed by atoms with Gasteiger partial charge in [-0.2, -0.15) is 0 Å². The Balaban J connectivity index is 1.54. The molecular formula is C16H17N5S. The molecule has 0 radical (unpaired) electrons. The van der Waals surface area contributed by atoms with Crippen molar-refractivity contribution < 1.29 is 0 Å². The number of hydrogen-bond acceptors (Lipinski definition) is 5. The first kappa shape index (κ1) is 13.5. The van der Waals surface area contributed by atoms with Gasteiger partial charge in [0.15, 0.2) is 5.13 Å². The molecule has 4 rings (SSSR count). The van der Waals surface area contributed by atoms with Crippen molar-refractivity contribution in [2.75, 3.05) is 12.3 Å². The molecule has 0 saturated heterocycles. The summed E-state index contributed by atoms with van der Waals surface area (Å²) in [7, 11) is 0. The van der Waals surface area contributed by atoms with E-state index < -0.39 is 0 Å². The quantitative estimate of drug-likeness (QED) is 0.807. The molecule has 2 N–H and O–H groups in total. The Morgan fingerprint density at radius 3 is 2.82 bits per heavy atom. The predicted molar refractivity (Wildman–Crippen MR) is 87.9 cm³/mol. The Bertz CT molecular complexity index is 777. The van der Waals surface area contributed by atoms with E-state index in [4.69, 9.17) is 5.73 Å². The number of nitrogen functional groups attached to an aromatic ring is 1. The third kappa shape index (κ3) is 2.51. The second kappa shape index (κ2) is 5.55. The van der Waals surface area contributed by atoms with Crippen LogP contribution in [0.3, 0.4) is 0 Å². The molecule has 3 aromatic rings. The van der Waals surface area contributed by atoms with Gasteiger partial charge in [0.05, 0.1) is 12.0 Å². The van der Waals surface area contributed by atoms with Gasteiger partial charge in [0.2, 0.25) is 0 Å². The standard InChI is InChI=1S/C16H17N5S/c17-16-18-8-13(22-16)9-20-7-6-15-14(10-20)19-11-21(15)12-4-2-1-3-5-12/h1-5,8,11H,6-7,9-10H2,(H2,17,18). The first-order chi connectivity index (χ1) is 10.8. The van der Waals surface area contributed by atoms with Crippen LogP contribution in [0, 0.1) is 0 Å². The lowest BCUT2D eigenvalue weighted by atomic mass is 10.1. The average molecular weight is 311 g/mol. The van der Waals surface area contributed by atoms with E-state index in [1.54, 1.807) is 11.3 Å². The van der Waals surface area contributed by atoms with E-state index in [-0.39, 0.29) is 0 Å². The van der Waals surface area contributed by atoms with Gasteiger partial charge in [-0.1, -0.05) is 18.2 Å². The second-order valence-corrected chi connectivity index (χ2v) is 6.62. The minimum atomic E-state index is 0.640. The molecule has 0 unspecified atom stereocenters. The van der Waals surface area contributed by atoms with Crippen molar-refractivity contribution in [3.63, 3.8) is 0 Å². The zero-order valence-electron chi connectivity index (χ0n) is 12.1. The normalized spacial score (nSPS) is 14.9. The highest BCUT2D eigenvalue weighted by molar-refractivity contribution is 7.15. The number of anilines is 1. The summed E-state index contributed by atoms with van der Waals surface area (Å²) in [5, 5.41) is 0.640. The molecule has 0 aliphatic carbocycles. The predicted octanol–water partition coefficient (Wildman–Crippen LogP) is 2.47. The zero-order valence-corrected chi connectivity index (χ0v) is 13.0. The van der Waals surface area contributed by atoms with Crippen molar-refractivity contribution in [3.8, 4) is 5.69 Å². The molecular weight excluding hydrogens is 294 g/mol. The number of aromatic nitrogens is 3. The van der Waals surface area contributed by atoms with Crippen LogP contribution in [0.1, 0.15) is 16.3 Å². The molecule has 2 aromatic heterocycles. The maximum absolute atomic E-state index is 5.70. The van der Waals surface area contributed by atoms with Gasteiger partial charge < -0.3 is 10.3 Å². The van der Waals surface area contributed by atoms with Gasteiger partial charge in [-0.05, 0) is 12.1 Å². The summed E-state index contributed by atoms with van der Waals surface area (Å²) in [5.41, 5.74) is 9.38. The third-order valence-electron chi connectivity index (χ3n) is 3.98. The molecule has 22 heavy (non-hydrogen) atoms. The van der Waals surface area contributed by atoms with Crippen molar-refractivity contribution in [2.45, 2.75) is 19.5 Å². The van der Waals surface area contributed by atoms with Gasteiger partial charge in [-0.15, -0.1) is 11.3 Å². The fourth-order valence-corrected chi connectivity index (χ4v) is 3.65. The molecule has 0 atom stereocenters. The Morgan fingerprint density at radius 2 is 2.05 bits per heavy atom. The summed E-state index contributed by atoms with van der Waals surface area (Å²) in [6.45, 7) is 2.81. The molecule has 5 nitrogen and oxygen atoms in total. The van der Waals surface area contributed by atoms with Crippen LogP contribution < -0.4 is 5.73 Å². The Hall–Kier alpha value is -2.18. The number of para-hydroxylation sites is 1. The lowest BCUT2D eigenvalue weighted by Gasteiger charge is -2.26. The van der Waals surface area contributed by atoms with Crippen molar-refractivity contribution in [3.05, 3.63) is 59.1 Å². The zero-order chi connectivity index (χ0) is 14.9. The highest BCUT2D eigenvalue weighted by Crippen LogP contribution is 2.24. The van der Waals surface area contributed by atoms with Crippen LogP contribution in [0.15, 0.2) is 42.9 Å². The SMILES string of the molecule is Nc1ncc(CN2CCc3c(ncn3-c3ccccc3)C2)s1. The molecule has 0 saturated carbocycles. The number of rotatable bonds is 3. The molecule has 0 fully saturated rings. The minimum Gasteiger partial charge on any atom is -0.375 e. The number of fused-ring (bicyclic) bond motifs is 1. The fourth-order valence-electron chi connectivity index (χ4n) is 2.92. The third-order valence-corrected chi connectivity index (χ3v) is 4.79. The van der Waals surface area contributed by atoms with Crippen LogP contribution in [0.5, 0.6) is 0 Å². The van der Waals surface area contributed by atoms with Gasteiger partial charge in [0.25, 0.3) is 0 Å². The summed E-state index contributed by atoms with van der Waals surface area (Å²) in [6.07, 6.45) is 4.82. The van der Waals surface area contributed by atoms with Gasteiger partial charge in [-0.25, -0.2) is 9.97 Å². The van der Waals surface area contributed by atoms with E-state index >= 15 is 0 Å². The van der Waals surface area contributed by atoms with Crippen LogP contribution in [0.25, 0.3) is 5.69 Å².